The van der Waals surface area contributed by atoms with Gasteiger partial charge in [-0.3, -0.25) is 0 Å². The van der Waals surface area contributed by atoms with Gasteiger partial charge in [-0.05, 0) is 33.9 Å². The minimum atomic E-state index is -0.551. The van der Waals surface area contributed by atoms with E-state index in [1.165, 1.54) is 21.6 Å². The molecule has 1 nitrogen and oxygen atoms in total. The predicted octanol–water partition coefficient (Wildman–Crippen LogP) is 5.04. The highest BCUT2D eigenvalue weighted by atomic mass is 32.2. The number of thioether (sulfide) groups is 1. The van der Waals surface area contributed by atoms with Crippen molar-refractivity contribution in [3.63, 3.8) is 0 Å². The van der Waals surface area contributed by atoms with Gasteiger partial charge < -0.3 is 5.11 Å². The lowest BCUT2D eigenvalue weighted by Gasteiger charge is -2.16. The van der Waals surface area contributed by atoms with Crippen molar-refractivity contribution in [1.82, 2.24) is 0 Å². The van der Waals surface area contributed by atoms with Crippen LogP contribution in [0.15, 0.2) is 77.7 Å². The highest BCUT2D eigenvalue weighted by molar-refractivity contribution is 7.98. The molecule has 0 aliphatic carbocycles. The second kappa shape index (κ2) is 5.64. The lowest BCUT2D eigenvalue weighted by atomic mass is 9.91. The Morgan fingerprint density at radius 2 is 1.50 bits per heavy atom. The van der Waals surface area contributed by atoms with Crippen LogP contribution >= 0.6 is 11.8 Å². The van der Waals surface area contributed by atoms with E-state index < -0.39 is 6.10 Å². The lowest BCUT2D eigenvalue weighted by Crippen LogP contribution is -2.03. The molecule has 4 rings (SSSR count). The zero-order valence-electron chi connectivity index (χ0n) is 12.1. The van der Waals surface area contributed by atoms with Gasteiger partial charge in [0.25, 0.3) is 0 Å². The van der Waals surface area contributed by atoms with Crippen molar-refractivity contribution in [2.45, 2.75) is 16.8 Å². The minimum Gasteiger partial charge on any atom is -0.384 e. The molecule has 1 aliphatic rings. The predicted molar refractivity (Wildman–Crippen MR) is 91.9 cm³/mol. The molecular weight excluding hydrogens is 288 g/mol. The van der Waals surface area contributed by atoms with Gasteiger partial charge in [-0.25, -0.2) is 0 Å². The standard InChI is InChI=1S/C20H16OS/c21-20-16-11-6-10-15(14-7-2-1-3-8-14)18(16)13-22-19-12-5-4-9-17(19)20/h1-12,20-21H,13H2. The fourth-order valence-electron chi connectivity index (χ4n) is 3.07. The van der Waals surface area contributed by atoms with Crippen LogP contribution in [0.2, 0.25) is 0 Å². The number of hydrogen-bond acceptors (Lipinski definition) is 2. The molecule has 22 heavy (non-hydrogen) atoms. The molecule has 0 saturated carbocycles. The van der Waals surface area contributed by atoms with Gasteiger partial charge in [-0.15, -0.1) is 11.8 Å². The molecule has 1 heterocycles. The highest BCUT2D eigenvalue weighted by Crippen LogP contribution is 2.42. The average Bonchev–Trinajstić information content (AvgIpc) is 2.73. The number of aliphatic hydroxyl groups excluding tert-OH is 1. The molecular formula is C20H16OS. The summed E-state index contributed by atoms with van der Waals surface area (Å²) >= 11 is 1.80. The van der Waals surface area contributed by atoms with E-state index in [9.17, 15) is 5.11 Å². The Kier molecular flexibility index (Phi) is 3.49. The van der Waals surface area contributed by atoms with Crippen LogP contribution in [0.1, 0.15) is 22.8 Å². The third kappa shape index (κ3) is 2.25. The Hall–Kier alpha value is -2.03. The van der Waals surface area contributed by atoms with Crippen molar-refractivity contribution < 1.29 is 5.11 Å². The van der Waals surface area contributed by atoms with Crippen LogP contribution in [0.3, 0.4) is 0 Å². The van der Waals surface area contributed by atoms with Crippen LogP contribution in [-0.4, -0.2) is 5.11 Å². The monoisotopic (exact) mass is 304 g/mol. The van der Waals surface area contributed by atoms with E-state index in [1.807, 2.05) is 30.3 Å². The van der Waals surface area contributed by atoms with E-state index in [0.717, 1.165) is 16.9 Å². The van der Waals surface area contributed by atoms with E-state index in [-0.39, 0.29) is 0 Å². The number of hydrogen-bond donors (Lipinski definition) is 1. The van der Waals surface area contributed by atoms with E-state index in [2.05, 4.69) is 42.5 Å². The van der Waals surface area contributed by atoms with E-state index in [1.54, 1.807) is 11.8 Å². The molecule has 1 unspecified atom stereocenters. The summed E-state index contributed by atoms with van der Waals surface area (Å²) < 4.78 is 0. The van der Waals surface area contributed by atoms with E-state index in [4.69, 9.17) is 0 Å². The summed E-state index contributed by atoms with van der Waals surface area (Å²) in [5.41, 5.74) is 5.70. The van der Waals surface area contributed by atoms with Crippen molar-refractivity contribution in [3.8, 4) is 11.1 Å². The summed E-state index contributed by atoms with van der Waals surface area (Å²) in [5, 5.41) is 10.9. The molecule has 3 aromatic rings. The number of benzene rings is 3. The maximum Gasteiger partial charge on any atom is 0.105 e. The lowest BCUT2D eigenvalue weighted by molar-refractivity contribution is 0.217. The maximum absolute atomic E-state index is 10.9. The largest absolute Gasteiger partial charge is 0.384 e. The third-order valence-electron chi connectivity index (χ3n) is 4.18. The van der Waals surface area contributed by atoms with Crippen LogP contribution in [0.25, 0.3) is 11.1 Å². The van der Waals surface area contributed by atoms with E-state index >= 15 is 0 Å². The Bertz CT molecular complexity index is 811. The molecule has 0 aromatic heterocycles. The molecule has 0 fully saturated rings. The zero-order chi connectivity index (χ0) is 14.9. The van der Waals surface area contributed by atoms with Crippen molar-refractivity contribution in [1.29, 1.82) is 0 Å². The van der Waals surface area contributed by atoms with Gasteiger partial charge in [-0.2, -0.15) is 0 Å². The van der Waals surface area contributed by atoms with Gasteiger partial charge in [0.1, 0.15) is 6.10 Å². The molecule has 0 spiro atoms. The highest BCUT2D eigenvalue weighted by Gasteiger charge is 2.23. The van der Waals surface area contributed by atoms with Crippen molar-refractivity contribution >= 4 is 11.8 Å². The quantitative estimate of drug-likeness (QED) is 0.679. The molecule has 0 saturated heterocycles. The first-order valence-electron chi connectivity index (χ1n) is 7.41. The van der Waals surface area contributed by atoms with Gasteiger partial charge in [0.15, 0.2) is 0 Å². The molecule has 2 heteroatoms. The van der Waals surface area contributed by atoms with Gasteiger partial charge >= 0.3 is 0 Å². The maximum atomic E-state index is 10.9. The fourth-order valence-corrected chi connectivity index (χ4v) is 4.21. The minimum absolute atomic E-state index is 0.551. The summed E-state index contributed by atoms with van der Waals surface area (Å²) in [6.07, 6.45) is -0.551. The van der Waals surface area contributed by atoms with Gasteiger partial charge in [0.05, 0.1) is 0 Å². The number of aliphatic hydroxyl groups is 1. The van der Waals surface area contributed by atoms with E-state index in [0.29, 0.717) is 0 Å². The van der Waals surface area contributed by atoms with Gasteiger partial charge in [-0.1, -0.05) is 66.7 Å². The first-order valence-corrected chi connectivity index (χ1v) is 8.40. The molecule has 0 amide bonds. The molecule has 1 aliphatic heterocycles. The molecule has 0 radical (unpaired) electrons. The van der Waals surface area contributed by atoms with Crippen molar-refractivity contribution in [3.05, 3.63) is 89.5 Å². The van der Waals surface area contributed by atoms with Gasteiger partial charge in [0, 0.05) is 10.6 Å². The summed E-state index contributed by atoms with van der Waals surface area (Å²) in [6, 6.07) is 24.8. The van der Waals surface area contributed by atoms with Crippen LogP contribution < -0.4 is 0 Å². The van der Waals surface area contributed by atoms with Crippen molar-refractivity contribution in [2.24, 2.45) is 0 Å². The molecule has 0 bridgehead atoms. The normalized spacial score (nSPS) is 16.5. The molecule has 1 atom stereocenters. The molecule has 1 N–H and O–H groups in total. The SMILES string of the molecule is OC1c2ccccc2SCc2c(-c3ccccc3)cccc21. The Balaban J connectivity index is 1.90. The third-order valence-corrected chi connectivity index (χ3v) is 5.29. The topological polar surface area (TPSA) is 20.2 Å². The van der Waals surface area contributed by atoms with Crippen molar-refractivity contribution in [2.75, 3.05) is 0 Å². The van der Waals surface area contributed by atoms with Crippen LogP contribution in [0.5, 0.6) is 0 Å². The number of rotatable bonds is 1. The Morgan fingerprint density at radius 3 is 2.36 bits per heavy atom. The Labute approximate surface area is 134 Å². The smallest absolute Gasteiger partial charge is 0.105 e. The average molecular weight is 304 g/mol. The van der Waals surface area contributed by atoms with Crippen LogP contribution in [0.4, 0.5) is 0 Å². The second-order valence-corrected chi connectivity index (χ2v) is 6.49. The number of fused-ring (bicyclic) bond motifs is 2. The first-order chi connectivity index (χ1) is 10.8. The summed E-state index contributed by atoms with van der Waals surface area (Å²) in [4.78, 5) is 1.17. The summed E-state index contributed by atoms with van der Waals surface area (Å²) in [6.45, 7) is 0. The molecule has 3 aromatic carbocycles. The Morgan fingerprint density at radius 1 is 0.773 bits per heavy atom. The summed E-state index contributed by atoms with van der Waals surface area (Å²) in [7, 11) is 0. The van der Waals surface area contributed by atoms with Gasteiger partial charge in [0.2, 0.25) is 0 Å². The van der Waals surface area contributed by atoms with Crippen LogP contribution in [0, 0.1) is 0 Å². The summed E-state index contributed by atoms with van der Waals surface area (Å²) in [5.74, 6) is 0.883. The zero-order valence-corrected chi connectivity index (χ0v) is 12.9. The molecule has 108 valence electrons. The second-order valence-electron chi connectivity index (χ2n) is 5.47. The van der Waals surface area contributed by atoms with Crippen LogP contribution in [-0.2, 0) is 5.75 Å². The first kappa shape index (κ1) is 13.6. The fraction of sp³-hybridized carbons (Fsp3) is 0.100.